The molecule has 1 aliphatic rings. The average Bonchev–Trinajstić information content (AvgIpc) is 2.59. The molecule has 0 saturated carbocycles. The zero-order valence-corrected chi connectivity index (χ0v) is 8.89. The van der Waals surface area contributed by atoms with Crippen LogP contribution in [0.4, 0.5) is 13.2 Å². The third kappa shape index (κ3) is 1.50. The fraction of sp³-hybridized carbons (Fsp3) is 0.571. The monoisotopic (exact) mass is 256 g/mol. The summed E-state index contributed by atoms with van der Waals surface area (Å²) in [6.07, 6.45) is 0. The number of rotatable bonds is 1. The Bertz CT molecular complexity index is 519. The van der Waals surface area contributed by atoms with Crippen LogP contribution in [0, 0.1) is 0 Å². The van der Waals surface area contributed by atoms with Crippen molar-refractivity contribution >= 4 is 9.84 Å². The fourth-order valence-corrected chi connectivity index (χ4v) is 2.36. The van der Waals surface area contributed by atoms with Gasteiger partial charge in [0.25, 0.3) is 9.84 Å². The first-order chi connectivity index (χ1) is 7.23. The first-order valence-electron chi connectivity index (χ1n) is 4.21. The van der Waals surface area contributed by atoms with Crippen molar-refractivity contribution in [2.75, 3.05) is 7.05 Å². The zero-order chi connectivity index (χ0) is 12.1. The molecular weight excluding hydrogens is 249 g/mol. The molecule has 0 atom stereocenters. The number of alkyl halides is 3. The van der Waals surface area contributed by atoms with E-state index in [4.69, 9.17) is 0 Å². The minimum Gasteiger partial charge on any atom is -0.358 e. The van der Waals surface area contributed by atoms with Crippen molar-refractivity contribution in [1.29, 1.82) is 0 Å². The van der Waals surface area contributed by atoms with Crippen LogP contribution in [0.2, 0.25) is 0 Å². The molecular formula is C7H7F3N2O3S. The second-order valence-corrected chi connectivity index (χ2v) is 5.37. The summed E-state index contributed by atoms with van der Waals surface area (Å²) in [6, 6.07) is 0. The van der Waals surface area contributed by atoms with E-state index >= 15 is 0 Å². The van der Waals surface area contributed by atoms with Gasteiger partial charge in [-0.05, 0) is 7.05 Å². The molecule has 0 amide bonds. The molecule has 0 bridgehead atoms. The number of halogens is 3. The highest BCUT2D eigenvalue weighted by atomic mass is 32.2. The van der Waals surface area contributed by atoms with Gasteiger partial charge in [0.2, 0.25) is 5.03 Å². The van der Waals surface area contributed by atoms with Crippen LogP contribution < -0.4 is 0 Å². The van der Waals surface area contributed by atoms with Gasteiger partial charge in [-0.3, -0.25) is 4.90 Å². The van der Waals surface area contributed by atoms with Crippen LogP contribution in [0.5, 0.6) is 0 Å². The van der Waals surface area contributed by atoms with E-state index in [1.165, 1.54) is 0 Å². The maximum absolute atomic E-state index is 12.3. The van der Waals surface area contributed by atoms with Gasteiger partial charge in [-0.15, -0.1) is 0 Å². The molecule has 16 heavy (non-hydrogen) atoms. The molecule has 0 radical (unpaired) electrons. The third-order valence-corrected chi connectivity index (χ3v) is 3.67. The lowest BCUT2D eigenvalue weighted by Crippen LogP contribution is -2.24. The topological polar surface area (TPSA) is 63.4 Å². The molecule has 2 rings (SSSR count). The molecule has 0 aromatic carbocycles. The minimum absolute atomic E-state index is 0.000162. The highest BCUT2D eigenvalue weighted by Crippen LogP contribution is 2.35. The maximum atomic E-state index is 12.3. The van der Waals surface area contributed by atoms with Crippen LogP contribution in [0.15, 0.2) is 9.55 Å². The molecule has 2 heterocycles. The normalized spacial score (nSPS) is 17.8. The Morgan fingerprint density at radius 2 is 2.00 bits per heavy atom. The van der Waals surface area contributed by atoms with E-state index in [1.54, 1.807) is 11.9 Å². The van der Waals surface area contributed by atoms with Crippen LogP contribution in [0.25, 0.3) is 0 Å². The van der Waals surface area contributed by atoms with E-state index in [0.29, 0.717) is 0 Å². The number of hydrogen-bond acceptors (Lipinski definition) is 5. The second-order valence-electron chi connectivity index (χ2n) is 3.51. The number of sulfone groups is 1. The van der Waals surface area contributed by atoms with E-state index in [-0.39, 0.29) is 24.4 Å². The van der Waals surface area contributed by atoms with Gasteiger partial charge in [0, 0.05) is 12.1 Å². The van der Waals surface area contributed by atoms with E-state index in [2.05, 4.69) is 9.68 Å². The number of aromatic nitrogens is 1. The Morgan fingerprint density at radius 1 is 1.38 bits per heavy atom. The predicted octanol–water partition coefficient (Wildman–Crippen LogP) is 0.913. The molecule has 0 spiro atoms. The van der Waals surface area contributed by atoms with Gasteiger partial charge >= 0.3 is 5.51 Å². The van der Waals surface area contributed by atoms with Crippen molar-refractivity contribution in [3.63, 3.8) is 0 Å². The van der Waals surface area contributed by atoms with Gasteiger partial charge in [0.15, 0.2) is 5.76 Å². The molecule has 0 N–H and O–H groups in total. The first-order valence-corrected chi connectivity index (χ1v) is 5.69. The van der Waals surface area contributed by atoms with Crippen molar-refractivity contribution in [3.8, 4) is 0 Å². The molecule has 90 valence electrons. The highest BCUT2D eigenvalue weighted by molar-refractivity contribution is 7.92. The third-order valence-electron chi connectivity index (χ3n) is 2.23. The summed E-state index contributed by atoms with van der Waals surface area (Å²) in [7, 11) is -3.77. The summed E-state index contributed by atoms with van der Waals surface area (Å²) < 4.78 is 63.7. The smallest absolute Gasteiger partial charge is 0.358 e. The van der Waals surface area contributed by atoms with Gasteiger partial charge < -0.3 is 4.52 Å². The Morgan fingerprint density at radius 3 is 2.56 bits per heavy atom. The van der Waals surface area contributed by atoms with Gasteiger partial charge in [0.1, 0.15) is 0 Å². The number of hydrogen-bond donors (Lipinski definition) is 0. The summed E-state index contributed by atoms with van der Waals surface area (Å²) in [5.41, 5.74) is -5.35. The molecule has 0 unspecified atom stereocenters. The summed E-state index contributed by atoms with van der Waals surface area (Å²) in [4.78, 5) is 1.63. The lowest BCUT2D eigenvalue weighted by atomic mass is 10.3. The summed E-state index contributed by atoms with van der Waals surface area (Å²) in [6.45, 7) is 0.346. The Kier molecular flexibility index (Phi) is 2.28. The van der Waals surface area contributed by atoms with Crippen LogP contribution in [0.3, 0.4) is 0 Å². The van der Waals surface area contributed by atoms with E-state index in [1.807, 2.05) is 0 Å². The minimum atomic E-state index is -5.41. The molecule has 0 saturated heterocycles. The average molecular weight is 256 g/mol. The number of nitrogens with zero attached hydrogens (tertiary/aromatic N) is 2. The van der Waals surface area contributed by atoms with Crippen LogP contribution >= 0.6 is 0 Å². The highest BCUT2D eigenvalue weighted by Gasteiger charge is 2.51. The van der Waals surface area contributed by atoms with Crippen LogP contribution in [-0.4, -0.2) is 31.0 Å². The molecule has 1 aliphatic heterocycles. The van der Waals surface area contributed by atoms with Gasteiger partial charge in [-0.1, -0.05) is 5.16 Å². The molecule has 5 nitrogen and oxygen atoms in total. The summed E-state index contributed by atoms with van der Waals surface area (Å²) in [5, 5.41) is 1.99. The van der Waals surface area contributed by atoms with Gasteiger partial charge in [-0.2, -0.15) is 13.2 Å². The first kappa shape index (κ1) is 11.4. The quantitative estimate of drug-likeness (QED) is 0.747. The van der Waals surface area contributed by atoms with Gasteiger partial charge in [-0.25, -0.2) is 8.42 Å². The zero-order valence-electron chi connectivity index (χ0n) is 8.08. The largest absolute Gasteiger partial charge is 0.503 e. The van der Waals surface area contributed by atoms with E-state index < -0.39 is 20.4 Å². The lowest BCUT2D eigenvalue weighted by molar-refractivity contribution is -0.0440. The van der Waals surface area contributed by atoms with Crippen molar-refractivity contribution in [1.82, 2.24) is 10.1 Å². The second kappa shape index (κ2) is 3.20. The molecule has 0 fully saturated rings. The van der Waals surface area contributed by atoms with Crippen LogP contribution in [0.1, 0.15) is 11.3 Å². The molecule has 1 aromatic heterocycles. The van der Waals surface area contributed by atoms with Crippen molar-refractivity contribution in [2.45, 2.75) is 23.6 Å². The molecule has 9 heteroatoms. The Balaban J connectivity index is 2.53. The maximum Gasteiger partial charge on any atom is 0.503 e. The van der Waals surface area contributed by atoms with E-state index in [9.17, 15) is 21.6 Å². The van der Waals surface area contributed by atoms with Crippen molar-refractivity contribution < 1.29 is 26.1 Å². The fourth-order valence-electron chi connectivity index (χ4n) is 1.50. The van der Waals surface area contributed by atoms with Crippen molar-refractivity contribution in [2.24, 2.45) is 0 Å². The standard InChI is InChI=1S/C7H7F3N2O3S/c1-12-2-4-5(3-12)15-11-6(4)16(13,14)7(8,9)10/h2-3H2,1H3. The van der Waals surface area contributed by atoms with Gasteiger partial charge in [0.05, 0.1) is 6.54 Å². The summed E-state index contributed by atoms with van der Waals surface area (Å²) >= 11 is 0. The van der Waals surface area contributed by atoms with Crippen molar-refractivity contribution in [3.05, 3.63) is 11.3 Å². The Hall–Kier alpha value is -1.09. The SMILES string of the molecule is CN1Cc2onc(S(=O)(=O)C(F)(F)F)c2C1. The molecule has 1 aromatic rings. The number of fused-ring (bicyclic) bond motifs is 1. The summed E-state index contributed by atoms with van der Waals surface area (Å²) in [5.74, 6) is 0.172. The predicted molar refractivity (Wildman–Crippen MR) is 44.9 cm³/mol. The van der Waals surface area contributed by atoms with Crippen LogP contribution in [-0.2, 0) is 22.9 Å². The molecule has 0 aliphatic carbocycles. The Labute approximate surface area is 88.7 Å². The lowest BCUT2D eigenvalue weighted by Gasteiger charge is -2.07. The van der Waals surface area contributed by atoms with E-state index in [0.717, 1.165) is 0 Å².